The summed E-state index contributed by atoms with van der Waals surface area (Å²) in [7, 11) is 4.17. The molecular weight excluding hydrogens is 262 g/mol. The average Bonchev–Trinajstić information content (AvgIpc) is 2.48. The molecule has 0 spiro atoms. The highest BCUT2D eigenvalue weighted by Gasteiger charge is 2.20. The van der Waals surface area contributed by atoms with E-state index in [4.69, 9.17) is 0 Å². The molecule has 0 aliphatic rings. The zero-order chi connectivity index (χ0) is 10.8. The molecule has 1 N–H and O–H groups in total. The fraction of sp³-hybridized carbons (Fsp3) is 0.667. The molecular formula is C9H16BrN3S. The summed E-state index contributed by atoms with van der Waals surface area (Å²) < 4.78 is 0.896. The summed E-state index contributed by atoms with van der Waals surface area (Å²) in [5, 5.41) is 6.26. The van der Waals surface area contributed by atoms with Crippen molar-refractivity contribution in [1.29, 1.82) is 0 Å². The smallest absolute Gasteiger partial charge is 0.183 e. The Morgan fingerprint density at radius 2 is 2.21 bits per heavy atom. The lowest BCUT2D eigenvalue weighted by Gasteiger charge is -2.32. The van der Waals surface area contributed by atoms with Crippen LogP contribution in [-0.2, 0) is 0 Å². The van der Waals surface area contributed by atoms with Gasteiger partial charge in [0.1, 0.15) is 4.60 Å². The van der Waals surface area contributed by atoms with Gasteiger partial charge in [-0.2, -0.15) is 0 Å². The molecule has 0 fully saturated rings. The molecule has 0 atom stereocenters. The van der Waals surface area contributed by atoms with Crippen molar-refractivity contribution in [3.05, 3.63) is 9.98 Å². The highest BCUT2D eigenvalue weighted by molar-refractivity contribution is 9.10. The molecule has 0 aliphatic carbocycles. The number of halogens is 1. The number of nitrogens with zero attached hydrogens (tertiary/aromatic N) is 2. The van der Waals surface area contributed by atoms with Gasteiger partial charge in [0, 0.05) is 17.5 Å². The summed E-state index contributed by atoms with van der Waals surface area (Å²) in [5.41, 5.74) is 0.137. The third-order valence-corrected chi connectivity index (χ3v) is 3.87. The molecule has 3 nitrogen and oxygen atoms in total. The Hall–Kier alpha value is -0.130. The van der Waals surface area contributed by atoms with Crippen LogP contribution < -0.4 is 5.32 Å². The molecule has 0 aromatic carbocycles. The monoisotopic (exact) mass is 277 g/mol. The Morgan fingerprint density at radius 1 is 1.57 bits per heavy atom. The van der Waals surface area contributed by atoms with Gasteiger partial charge in [-0.1, -0.05) is 0 Å². The fourth-order valence-corrected chi connectivity index (χ4v) is 1.93. The highest BCUT2D eigenvalue weighted by atomic mass is 79.9. The first-order valence-electron chi connectivity index (χ1n) is 4.44. The standard InChI is InChI=1S/C9H16BrN3S/c1-9(2,13(3)4)6-11-8-12-7(10)5-14-8/h5H,6H2,1-4H3,(H,11,12). The maximum Gasteiger partial charge on any atom is 0.183 e. The molecule has 0 aliphatic heterocycles. The largest absolute Gasteiger partial charge is 0.360 e. The minimum atomic E-state index is 0.137. The number of aromatic nitrogens is 1. The third-order valence-electron chi connectivity index (χ3n) is 2.36. The van der Waals surface area contributed by atoms with E-state index < -0.39 is 0 Å². The second-order valence-corrected chi connectivity index (χ2v) is 5.71. The normalized spacial score (nSPS) is 12.1. The van der Waals surface area contributed by atoms with E-state index in [9.17, 15) is 0 Å². The van der Waals surface area contributed by atoms with Crippen molar-refractivity contribution in [2.24, 2.45) is 0 Å². The first kappa shape index (κ1) is 11.9. The molecule has 0 amide bonds. The van der Waals surface area contributed by atoms with Crippen LogP contribution in [-0.4, -0.2) is 36.1 Å². The Morgan fingerprint density at radius 3 is 2.64 bits per heavy atom. The first-order valence-corrected chi connectivity index (χ1v) is 6.11. The fourth-order valence-electron chi connectivity index (χ4n) is 0.785. The molecule has 0 bridgehead atoms. The predicted molar refractivity (Wildman–Crippen MR) is 66.1 cm³/mol. The molecule has 5 heteroatoms. The van der Waals surface area contributed by atoms with Gasteiger partial charge in [-0.15, -0.1) is 11.3 Å². The van der Waals surface area contributed by atoms with Gasteiger partial charge in [0.25, 0.3) is 0 Å². The van der Waals surface area contributed by atoms with Gasteiger partial charge in [0.15, 0.2) is 5.13 Å². The summed E-state index contributed by atoms with van der Waals surface area (Å²) in [4.78, 5) is 6.48. The Labute approximate surface area is 97.7 Å². The van der Waals surface area contributed by atoms with Crippen molar-refractivity contribution >= 4 is 32.4 Å². The van der Waals surface area contributed by atoms with Crippen LogP contribution in [0.4, 0.5) is 5.13 Å². The van der Waals surface area contributed by atoms with Crippen molar-refractivity contribution < 1.29 is 0 Å². The predicted octanol–water partition coefficient (Wildman–Crippen LogP) is 2.66. The zero-order valence-electron chi connectivity index (χ0n) is 8.97. The Balaban J connectivity index is 2.48. The van der Waals surface area contributed by atoms with E-state index in [0.717, 1.165) is 16.3 Å². The molecule has 0 saturated carbocycles. The number of rotatable bonds is 4. The second-order valence-electron chi connectivity index (χ2n) is 4.04. The minimum absolute atomic E-state index is 0.137. The molecule has 1 aromatic heterocycles. The first-order chi connectivity index (χ1) is 6.42. The van der Waals surface area contributed by atoms with Crippen molar-refractivity contribution in [2.45, 2.75) is 19.4 Å². The Bertz CT molecular complexity index is 296. The van der Waals surface area contributed by atoms with E-state index in [0.29, 0.717) is 0 Å². The van der Waals surface area contributed by atoms with Crippen LogP contribution in [0.3, 0.4) is 0 Å². The maximum atomic E-state index is 4.28. The summed E-state index contributed by atoms with van der Waals surface area (Å²) in [5.74, 6) is 0. The van der Waals surface area contributed by atoms with Gasteiger partial charge in [0.2, 0.25) is 0 Å². The van der Waals surface area contributed by atoms with Gasteiger partial charge in [-0.05, 0) is 43.9 Å². The molecule has 0 saturated heterocycles. The van der Waals surface area contributed by atoms with Crippen LogP contribution >= 0.6 is 27.3 Å². The van der Waals surface area contributed by atoms with Crippen LogP contribution in [0.1, 0.15) is 13.8 Å². The molecule has 1 heterocycles. The van der Waals surface area contributed by atoms with Crippen LogP contribution in [0.15, 0.2) is 9.98 Å². The van der Waals surface area contributed by atoms with Gasteiger partial charge >= 0.3 is 0 Å². The lowest BCUT2D eigenvalue weighted by Crippen LogP contribution is -2.44. The van der Waals surface area contributed by atoms with Crippen LogP contribution in [0, 0.1) is 0 Å². The highest BCUT2D eigenvalue weighted by Crippen LogP contribution is 2.20. The van der Waals surface area contributed by atoms with Crippen molar-refractivity contribution in [3.8, 4) is 0 Å². The van der Waals surface area contributed by atoms with E-state index >= 15 is 0 Å². The maximum absolute atomic E-state index is 4.28. The Kier molecular flexibility index (Phi) is 3.92. The lowest BCUT2D eigenvalue weighted by atomic mass is 10.1. The number of thiazole rings is 1. The zero-order valence-corrected chi connectivity index (χ0v) is 11.4. The summed E-state index contributed by atoms with van der Waals surface area (Å²) in [6, 6.07) is 0. The van der Waals surface area contributed by atoms with Gasteiger partial charge in [-0.25, -0.2) is 4.98 Å². The number of hydrogen-bond donors (Lipinski definition) is 1. The topological polar surface area (TPSA) is 28.2 Å². The average molecular weight is 278 g/mol. The number of nitrogens with one attached hydrogen (secondary N) is 1. The van der Waals surface area contributed by atoms with Crippen molar-refractivity contribution in [1.82, 2.24) is 9.88 Å². The van der Waals surface area contributed by atoms with E-state index in [1.165, 1.54) is 0 Å². The van der Waals surface area contributed by atoms with Crippen molar-refractivity contribution in [3.63, 3.8) is 0 Å². The van der Waals surface area contributed by atoms with Crippen LogP contribution in [0.2, 0.25) is 0 Å². The summed E-state index contributed by atoms with van der Waals surface area (Å²) in [6.45, 7) is 5.28. The third kappa shape index (κ3) is 3.22. The van der Waals surface area contributed by atoms with E-state index in [2.05, 4.69) is 59.1 Å². The second kappa shape index (κ2) is 4.59. The molecule has 1 rings (SSSR count). The van der Waals surface area contributed by atoms with Crippen LogP contribution in [0.25, 0.3) is 0 Å². The lowest BCUT2D eigenvalue weighted by molar-refractivity contribution is 0.210. The van der Waals surface area contributed by atoms with Crippen LogP contribution in [0.5, 0.6) is 0 Å². The molecule has 0 unspecified atom stereocenters. The van der Waals surface area contributed by atoms with Crippen molar-refractivity contribution in [2.75, 3.05) is 26.0 Å². The summed E-state index contributed by atoms with van der Waals surface area (Å²) >= 11 is 4.94. The number of likely N-dealkylation sites (N-methyl/N-ethyl adjacent to an activating group) is 1. The number of anilines is 1. The minimum Gasteiger partial charge on any atom is -0.360 e. The quantitative estimate of drug-likeness (QED) is 0.917. The van der Waals surface area contributed by atoms with E-state index in [-0.39, 0.29) is 5.54 Å². The van der Waals surface area contributed by atoms with E-state index in [1.54, 1.807) is 11.3 Å². The van der Waals surface area contributed by atoms with Gasteiger partial charge in [0.05, 0.1) is 0 Å². The SMILES string of the molecule is CN(C)C(C)(C)CNc1nc(Br)cs1. The molecule has 1 aromatic rings. The molecule has 14 heavy (non-hydrogen) atoms. The molecule has 0 radical (unpaired) electrons. The summed E-state index contributed by atoms with van der Waals surface area (Å²) in [6.07, 6.45) is 0. The van der Waals surface area contributed by atoms with Gasteiger partial charge in [-0.3, -0.25) is 0 Å². The molecule has 80 valence electrons. The van der Waals surface area contributed by atoms with E-state index in [1.807, 2.05) is 5.38 Å². The van der Waals surface area contributed by atoms with Gasteiger partial charge < -0.3 is 10.2 Å². The number of hydrogen-bond acceptors (Lipinski definition) is 4.